The summed E-state index contributed by atoms with van der Waals surface area (Å²) in [5.74, 6) is 0. The first kappa shape index (κ1) is 13.6. The lowest BCUT2D eigenvalue weighted by Gasteiger charge is -1.98. The monoisotopic (exact) mass is 265 g/mol. The van der Waals surface area contributed by atoms with Crippen LogP contribution in [0.25, 0.3) is 0 Å². The zero-order valence-electron chi connectivity index (χ0n) is 11.2. The second-order valence-corrected chi connectivity index (χ2v) is 6.34. The van der Waals surface area contributed by atoms with E-state index in [2.05, 4.69) is 18.1 Å². The molecule has 2 rings (SSSR count). The van der Waals surface area contributed by atoms with Gasteiger partial charge in [0.1, 0.15) is 0 Å². The van der Waals surface area contributed by atoms with E-state index in [1.54, 1.807) is 0 Å². The summed E-state index contributed by atoms with van der Waals surface area (Å²) in [5, 5.41) is 12.6. The molecule has 0 aliphatic heterocycles. The number of hydrogen-bond acceptors (Lipinski definition) is 3. The molecule has 0 radical (unpaired) electrons. The number of oxime groups is 1. The number of rotatable bonds is 5. The minimum atomic E-state index is 0.901. The van der Waals surface area contributed by atoms with Gasteiger partial charge in [-0.2, -0.15) is 0 Å². The molecule has 0 saturated heterocycles. The van der Waals surface area contributed by atoms with Crippen molar-refractivity contribution in [3.05, 3.63) is 21.4 Å². The van der Waals surface area contributed by atoms with Gasteiger partial charge in [0.2, 0.25) is 0 Å². The van der Waals surface area contributed by atoms with Crippen molar-refractivity contribution in [2.75, 3.05) is 0 Å². The van der Waals surface area contributed by atoms with Crippen molar-refractivity contribution < 1.29 is 5.21 Å². The van der Waals surface area contributed by atoms with Crippen molar-refractivity contribution >= 4 is 17.0 Å². The minimum Gasteiger partial charge on any atom is -0.411 e. The van der Waals surface area contributed by atoms with E-state index in [9.17, 15) is 0 Å². The molecule has 0 atom stereocenters. The van der Waals surface area contributed by atoms with E-state index < -0.39 is 0 Å². The fourth-order valence-corrected chi connectivity index (χ4v) is 3.85. The van der Waals surface area contributed by atoms with Crippen LogP contribution in [0.15, 0.2) is 11.2 Å². The van der Waals surface area contributed by atoms with Crippen molar-refractivity contribution in [1.29, 1.82) is 0 Å². The van der Waals surface area contributed by atoms with Crippen LogP contribution in [0.4, 0.5) is 0 Å². The van der Waals surface area contributed by atoms with Crippen LogP contribution in [0.3, 0.4) is 0 Å². The predicted octanol–water partition coefficient (Wildman–Crippen LogP) is 4.78. The van der Waals surface area contributed by atoms with Crippen LogP contribution >= 0.6 is 11.3 Å². The lowest BCUT2D eigenvalue weighted by molar-refractivity contribution is 0.318. The summed E-state index contributed by atoms with van der Waals surface area (Å²) >= 11 is 1.93. The van der Waals surface area contributed by atoms with Crippen LogP contribution in [0.5, 0.6) is 0 Å². The van der Waals surface area contributed by atoms with Gasteiger partial charge < -0.3 is 5.21 Å². The van der Waals surface area contributed by atoms with E-state index in [4.69, 9.17) is 5.21 Å². The Labute approximate surface area is 114 Å². The molecule has 0 spiro atoms. The molecule has 1 aliphatic carbocycles. The van der Waals surface area contributed by atoms with Gasteiger partial charge in [0, 0.05) is 15.3 Å². The van der Waals surface area contributed by atoms with Gasteiger partial charge in [0.15, 0.2) is 0 Å². The van der Waals surface area contributed by atoms with Crippen molar-refractivity contribution in [1.82, 2.24) is 0 Å². The summed E-state index contributed by atoms with van der Waals surface area (Å²) in [6.45, 7) is 2.25. The third-order valence-electron chi connectivity index (χ3n) is 3.64. The number of unbranched alkanes of at least 4 members (excludes halogenated alkanes) is 3. The van der Waals surface area contributed by atoms with Crippen molar-refractivity contribution in [3.8, 4) is 0 Å². The summed E-state index contributed by atoms with van der Waals surface area (Å²) in [6.07, 6.45) is 10.9. The second kappa shape index (κ2) is 6.93. The van der Waals surface area contributed by atoms with Crippen molar-refractivity contribution in [2.45, 2.75) is 64.7 Å². The molecule has 0 saturated carbocycles. The molecule has 0 amide bonds. The Kier molecular flexibility index (Phi) is 5.24. The number of thiophene rings is 1. The topological polar surface area (TPSA) is 32.6 Å². The van der Waals surface area contributed by atoms with Gasteiger partial charge in [-0.25, -0.2) is 0 Å². The highest BCUT2D eigenvalue weighted by molar-refractivity contribution is 7.12. The van der Waals surface area contributed by atoms with Gasteiger partial charge in [0.05, 0.1) is 5.71 Å². The molecule has 2 nitrogen and oxygen atoms in total. The Morgan fingerprint density at radius 3 is 2.83 bits per heavy atom. The number of fused-ring (bicyclic) bond motifs is 1. The van der Waals surface area contributed by atoms with Crippen LogP contribution in [0, 0.1) is 0 Å². The molecular weight excluding hydrogens is 242 g/mol. The van der Waals surface area contributed by atoms with Crippen molar-refractivity contribution in [2.24, 2.45) is 5.16 Å². The normalized spacial score (nSPS) is 17.7. The van der Waals surface area contributed by atoms with E-state index in [0.717, 1.165) is 25.0 Å². The molecule has 0 aromatic carbocycles. The van der Waals surface area contributed by atoms with E-state index >= 15 is 0 Å². The highest BCUT2D eigenvalue weighted by Crippen LogP contribution is 2.30. The quantitative estimate of drug-likeness (QED) is 0.353. The van der Waals surface area contributed by atoms with E-state index in [-0.39, 0.29) is 0 Å². The lowest BCUT2D eigenvalue weighted by atomic mass is 10.1. The van der Waals surface area contributed by atoms with Crippen LogP contribution < -0.4 is 0 Å². The average Bonchev–Trinajstić information content (AvgIpc) is 2.69. The number of hydrogen-bond donors (Lipinski definition) is 1. The van der Waals surface area contributed by atoms with Gasteiger partial charge >= 0.3 is 0 Å². The molecule has 1 aromatic rings. The highest BCUT2D eigenvalue weighted by Gasteiger charge is 2.17. The average molecular weight is 265 g/mol. The number of nitrogens with zero attached hydrogens (tertiary/aromatic N) is 1. The first-order valence-corrected chi connectivity index (χ1v) is 7.99. The standard InChI is InChI=1S/C15H23NOS/c1-2-3-4-5-8-12-11-13-14(16-17)9-6-7-10-15(13)18-12/h11,17H,2-10H2,1H3. The van der Waals surface area contributed by atoms with E-state index in [1.165, 1.54) is 53.8 Å². The maximum absolute atomic E-state index is 9.11. The van der Waals surface area contributed by atoms with Crippen LogP contribution in [0.1, 0.15) is 67.2 Å². The zero-order chi connectivity index (χ0) is 12.8. The summed E-state index contributed by atoms with van der Waals surface area (Å²) in [5.41, 5.74) is 2.13. The molecule has 1 aromatic heterocycles. The molecule has 0 bridgehead atoms. The fourth-order valence-electron chi connectivity index (χ4n) is 2.58. The Bertz CT molecular complexity index is 409. The second-order valence-electron chi connectivity index (χ2n) is 5.11. The van der Waals surface area contributed by atoms with E-state index in [1.807, 2.05) is 11.3 Å². The summed E-state index contributed by atoms with van der Waals surface area (Å²) in [6, 6.07) is 2.27. The summed E-state index contributed by atoms with van der Waals surface area (Å²) < 4.78 is 0. The van der Waals surface area contributed by atoms with Gasteiger partial charge in [0.25, 0.3) is 0 Å². The molecule has 3 heteroatoms. The van der Waals surface area contributed by atoms with Crippen LogP contribution in [-0.2, 0) is 12.8 Å². The lowest BCUT2D eigenvalue weighted by Crippen LogP contribution is -1.98. The molecule has 0 unspecified atom stereocenters. The number of aryl methyl sites for hydroxylation is 2. The largest absolute Gasteiger partial charge is 0.411 e. The molecule has 18 heavy (non-hydrogen) atoms. The molecule has 0 fully saturated rings. The first-order valence-electron chi connectivity index (χ1n) is 7.18. The molecule has 100 valence electrons. The molecule has 1 aliphatic rings. The first-order chi connectivity index (χ1) is 8.85. The van der Waals surface area contributed by atoms with Crippen LogP contribution in [0.2, 0.25) is 0 Å². The Morgan fingerprint density at radius 2 is 2.06 bits per heavy atom. The SMILES string of the molecule is CCCCCCc1cc2c(s1)CCCCC2=NO. The maximum atomic E-state index is 9.11. The van der Waals surface area contributed by atoms with Gasteiger partial charge in [-0.15, -0.1) is 11.3 Å². The van der Waals surface area contributed by atoms with Gasteiger partial charge in [-0.3, -0.25) is 0 Å². The van der Waals surface area contributed by atoms with Gasteiger partial charge in [-0.05, 0) is 44.6 Å². The molecule has 1 heterocycles. The smallest absolute Gasteiger partial charge is 0.0879 e. The minimum absolute atomic E-state index is 0.901. The van der Waals surface area contributed by atoms with Gasteiger partial charge in [-0.1, -0.05) is 31.3 Å². The van der Waals surface area contributed by atoms with Crippen LogP contribution in [-0.4, -0.2) is 10.9 Å². The summed E-state index contributed by atoms with van der Waals surface area (Å²) in [4.78, 5) is 2.91. The summed E-state index contributed by atoms with van der Waals surface area (Å²) in [7, 11) is 0. The zero-order valence-corrected chi connectivity index (χ0v) is 12.1. The third kappa shape index (κ3) is 3.35. The third-order valence-corrected chi connectivity index (χ3v) is 4.89. The van der Waals surface area contributed by atoms with E-state index in [0.29, 0.717) is 0 Å². The predicted molar refractivity (Wildman–Crippen MR) is 78.0 cm³/mol. The Balaban J connectivity index is 2.02. The molecular formula is C15H23NOS. The highest BCUT2D eigenvalue weighted by atomic mass is 32.1. The fraction of sp³-hybridized carbons (Fsp3) is 0.667. The Hall–Kier alpha value is -0.830. The molecule has 1 N–H and O–H groups in total. The maximum Gasteiger partial charge on any atom is 0.0879 e. The Morgan fingerprint density at radius 1 is 1.22 bits per heavy atom. The van der Waals surface area contributed by atoms with Crippen molar-refractivity contribution in [3.63, 3.8) is 0 Å².